The number of carbonyl (C=O) groups excluding carboxylic acids is 1. The van der Waals surface area contributed by atoms with E-state index in [1.807, 2.05) is 18.2 Å². The van der Waals surface area contributed by atoms with Gasteiger partial charge in [-0.1, -0.05) is 24.3 Å². The average Bonchev–Trinajstić information content (AvgIpc) is 2.94. The summed E-state index contributed by atoms with van der Waals surface area (Å²) in [6.45, 7) is 0. The van der Waals surface area contributed by atoms with Gasteiger partial charge in [0.2, 0.25) is 0 Å². The van der Waals surface area contributed by atoms with Gasteiger partial charge >= 0.3 is 0 Å². The fourth-order valence-electron chi connectivity index (χ4n) is 2.65. The van der Waals surface area contributed by atoms with Crippen LogP contribution in [0.2, 0.25) is 0 Å². The smallest absolute Gasteiger partial charge is 0.185 e. The Labute approximate surface area is 122 Å². The Bertz CT molecular complexity index is 649. The minimum atomic E-state index is -0.768. The molecule has 2 aromatic carbocycles. The van der Waals surface area contributed by atoms with E-state index in [0.29, 0.717) is 11.1 Å². The number of aryl methyl sites for hydroxylation is 2. The largest absolute Gasteiger partial charge is 0.292 e. The number of rotatable bonds is 3. The van der Waals surface area contributed by atoms with Crippen LogP contribution in [0, 0.1) is 5.82 Å². The molecule has 0 N–H and O–H groups in total. The molecule has 3 heteroatoms. The summed E-state index contributed by atoms with van der Waals surface area (Å²) in [5.41, 5.74) is 3.84. The van der Waals surface area contributed by atoms with E-state index in [-0.39, 0.29) is 11.6 Å². The predicted octanol–water partition coefficient (Wildman–Crippen LogP) is 4.48. The number of ketones is 1. The third-order valence-electron chi connectivity index (χ3n) is 3.78. The van der Waals surface area contributed by atoms with Gasteiger partial charge in [0.15, 0.2) is 5.78 Å². The number of alkyl halides is 1. The SMILES string of the molecule is O=C(c1ccc2c(c1)CCC2)C(Cl)c1ccc(F)cc1. The number of Topliss-reactive ketones (excluding diaryl/α,β-unsaturated/α-hetero) is 1. The Hall–Kier alpha value is -1.67. The maximum atomic E-state index is 12.9. The topological polar surface area (TPSA) is 17.1 Å². The van der Waals surface area contributed by atoms with Crippen LogP contribution in [0.5, 0.6) is 0 Å². The van der Waals surface area contributed by atoms with E-state index < -0.39 is 5.38 Å². The summed E-state index contributed by atoms with van der Waals surface area (Å²) < 4.78 is 12.9. The second-order valence-corrected chi connectivity index (χ2v) is 5.55. The van der Waals surface area contributed by atoms with Gasteiger partial charge in [0.25, 0.3) is 0 Å². The van der Waals surface area contributed by atoms with E-state index in [4.69, 9.17) is 11.6 Å². The van der Waals surface area contributed by atoms with Gasteiger partial charge < -0.3 is 0 Å². The van der Waals surface area contributed by atoms with Crippen molar-refractivity contribution < 1.29 is 9.18 Å². The molecule has 20 heavy (non-hydrogen) atoms. The Balaban J connectivity index is 1.86. The van der Waals surface area contributed by atoms with Gasteiger partial charge in [0, 0.05) is 5.56 Å². The highest BCUT2D eigenvalue weighted by molar-refractivity contribution is 6.33. The van der Waals surface area contributed by atoms with Crippen LogP contribution in [0.15, 0.2) is 42.5 Å². The van der Waals surface area contributed by atoms with Gasteiger partial charge in [-0.05, 0) is 54.2 Å². The van der Waals surface area contributed by atoms with Crippen LogP contribution in [-0.2, 0) is 12.8 Å². The molecule has 102 valence electrons. The molecule has 0 fully saturated rings. The molecule has 1 nitrogen and oxygen atoms in total. The molecule has 0 spiro atoms. The maximum Gasteiger partial charge on any atom is 0.185 e. The number of hydrogen-bond donors (Lipinski definition) is 0. The van der Waals surface area contributed by atoms with Crippen LogP contribution in [0.25, 0.3) is 0 Å². The second kappa shape index (κ2) is 5.37. The summed E-state index contributed by atoms with van der Waals surface area (Å²) >= 11 is 6.22. The predicted molar refractivity (Wildman–Crippen MR) is 77.8 cm³/mol. The van der Waals surface area contributed by atoms with Crippen LogP contribution in [0.4, 0.5) is 4.39 Å². The summed E-state index contributed by atoms with van der Waals surface area (Å²) in [7, 11) is 0. The summed E-state index contributed by atoms with van der Waals surface area (Å²) in [5.74, 6) is -0.462. The zero-order valence-electron chi connectivity index (χ0n) is 10.9. The minimum Gasteiger partial charge on any atom is -0.292 e. The van der Waals surface area contributed by atoms with Crippen LogP contribution < -0.4 is 0 Å². The molecule has 0 heterocycles. The van der Waals surface area contributed by atoms with Crippen molar-refractivity contribution in [2.45, 2.75) is 24.6 Å². The number of fused-ring (bicyclic) bond motifs is 1. The first-order chi connectivity index (χ1) is 9.65. The minimum absolute atomic E-state index is 0.132. The van der Waals surface area contributed by atoms with Gasteiger partial charge in [-0.25, -0.2) is 4.39 Å². The second-order valence-electron chi connectivity index (χ2n) is 5.12. The summed E-state index contributed by atoms with van der Waals surface area (Å²) in [4.78, 5) is 12.4. The van der Waals surface area contributed by atoms with Crippen molar-refractivity contribution in [3.05, 3.63) is 70.5 Å². The van der Waals surface area contributed by atoms with Crippen molar-refractivity contribution in [2.75, 3.05) is 0 Å². The van der Waals surface area contributed by atoms with Gasteiger partial charge in [-0.15, -0.1) is 11.6 Å². The first-order valence-electron chi connectivity index (χ1n) is 6.71. The first-order valence-corrected chi connectivity index (χ1v) is 7.14. The standard InChI is InChI=1S/C17H14ClFO/c18-16(12-6-8-15(19)9-7-12)17(20)14-5-4-11-2-1-3-13(11)10-14/h4-10,16H,1-3H2. The third-order valence-corrected chi connectivity index (χ3v) is 4.23. The molecular formula is C17H14ClFO. The Morgan fingerprint density at radius 3 is 2.50 bits per heavy atom. The lowest BCUT2D eigenvalue weighted by Crippen LogP contribution is -2.08. The summed E-state index contributed by atoms with van der Waals surface area (Å²) in [6, 6.07) is 11.6. The van der Waals surface area contributed by atoms with E-state index in [1.165, 1.54) is 23.3 Å². The summed E-state index contributed by atoms with van der Waals surface area (Å²) in [6.07, 6.45) is 3.27. The van der Waals surface area contributed by atoms with E-state index in [9.17, 15) is 9.18 Å². The van der Waals surface area contributed by atoms with Gasteiger partial charge in [0.1, 0.15) is 11.2 Å². The maximum absolute atomic E-state index is 12.9. The summed E-state index contributed by atoms with van der Waals surface area (Å²) in [5, 5.41) is -0.768. The Kier molecular flexibility index (Phi) is 3.58. The molecule has 0 saturated carbocycles. The van der Waals surface area contributed by atoms with Crippen LogP contribution in [0.1, 0.15) is 38.8 Å². The molecule has 0 aromatic heterocycles. The number of carbonyl (C=O) groups is 1. The lowest BCUT2D eigenvalue weighted by Gasteiger charge is -2.10. The lowest BCUT2D eigenvalue weighted by atomic mass is 9.99. The van der Waals surface area contributed by atoms with Crippen molar-refractivity contribution in [1.29, 1.82) is 0 Å². The van der Waals surface area contributed by atoms with Gasteiger partial charge in [0.05, 0.1) is 0 Å². The number of hydrogen-bond acceptors (Lipinski definition) is 1. The highest BCUT2D eigenvalue weighted by Gasteiger charge is 2.21. The van der Waals surface area contributed by atoms with Crippen LogP contribution in [0.3, 0.4) is 0 Å². The van der Waals surface area contributed by atoms with E-state index in [0.717, 1.165) is 19.3 Å². The Morgan fingerprint density at radius 2 is 1.75 bits per heavy atom. The highest BCUT2D eigenvalue weighted by Crippen LogP contribution is 2.28. The molecule has 1 aliphatic carbocycles. The fraction of sp³-hybridized carbons (Fsp3) is 0.235. The molecule has 0 saturated heterocycles. The molecule has 0 radical (unpaired) electrons. The monoisotopic (exact) mass is 288 g/mol. The first kappa shape index (κ1) is 13.3. The molecule has 0 amide bonds. The molecule has 2 aromatic rings. The molecule has 0 aliphatic heterocycles. The molecular weight excluding hydrogens is 275 g/mol. The highest BCUT2D eigenvalue weighted by atomic mass is 35.5. The molecule has 1 aliphatic rings. The van der Waals surface area contributed by atoms with Gasteiger partial charge in [-0.3, -0.25) is 4.79 Å². The van der Waals surface area contributed by atoms with Crippen molar-refractivity contribution in [3.63, 3.8) is 0 Å². The van der Waals surface area contributed by atoms with Crippen molar-refractivity contribution >= 4 is 17.4 Å². The van der Waals surface area contributed by atoms with E-state index in [1.54, 1.807) is 12.1 Å². The molecule has 1 atom stereocenters. The van der Waals surface area contributed by atoms with Crippen LogP contribution >= 0.6 is 11.6 Å². The van der Waals surface area contributed by atoms with Crippen molar-refractivity contribution in [1.82, 2.24) is 0 Å². The van der Waals surface area contributed by atoms with Crippen LogP contribution in [-0.4, -0.2) is 5.78 Å². The number of halogens is 2. The normalized spacial score (nSPS) is 14.9. The van der Waals surface area contributed by atoms with Crippen molar-refractivity contribution in [3.8, 4) is 0 Å². The van der Waals surface area contributed by atoms with Crippen molar-refractivity contribution in [2.24, 2.45) is 0 Å². The fourth-order valence-corrected chi connectivity index (χ4v) is 2.93. The molecule has 3 rings (SSSR count). The zero-order chi connectivity index (χ0) is 14.1. The van der Waals surface area contributed by atoms with E-state index >= 15 is 0 Å². The zero-order valence-corrected chi connectivity index (χ0v) is 11.7. The van der Waals surface area contributed by atoms with E-state index in [2.05, 4.69) is 0 Å². The third kappa shape index (κ3) is 2.48. The Morgan fingerprint density at radius 1 is 1.05 bits per heavy atom. The van der Waals surface area contributed by atoms with Gasteiger partial charge in [-0.2, -0.15) is 0 Å². The molecule has 0 bridgehead atoms. The molecule has 1 unspecified atom stereocenters. The number of benzene rings is 2. The lowest BCUT2D eigenvalue weighted by molar-refractivity contribution is 0.0987. The quantitative estimate of drug-likeness (QED) is 0.601. The average molecular weight is 289 g/mol.